The Morgan fingerprint density at radius 1 is 1.03 bits per heavy atom. The molecule has 4 aromatic rings. The van der Waals surface area contributed by atoms with Crippen molar-refractivity contribution in [2.45, 2.75) is 26.2 Å². The summed E-state index contributed by atoms with van der Waals surface area (Å²) in [6, 6.07) is 21.3. The maximum atomic E-state index is 13.6. The molecule has 0 radical (unpaired) electrons. The number of piperidine rings is 1. The molecule has 7 heteroatoms. The maximum absolute atomic E-state index is 13.6. The van der Waals surface area contributed by atoms with Gasteiger partial charge in [-0.25, -0.2) is 4.98 Å². The molecule has 1 aliphatic carbocycles. The van der Waals surface area contributed by atoms with Gasteiger partial charge in [-0.15, -0.1) is 0 Å². The summed E-state index contributed by atoms with van der Waals surface area (Å²) in [4.78, 5) is 32.7. The SMILES string of the molecule is Cc1ccc(O)c(NC(=O)C2CC23CCN(C(=O)c2cc(-c4ccccc4)n4ccccc24)CC3)n1. The quantitative estimate of drug-likeness (QED) is 0.435. The highest BCUT2D eigenvalue weighted by Crippen LogP contribution is 2.59. The molecule has 2 aliphatic rings. The van der Waals surface area contributed by atoms with Gasteiger partial charge < -0.3 is 19.7 Å². The average molecular weight is 481 g/mol. The number of aryl methyl sites for hydroxylation is 1. The summed E-state index contributed by atoms with van der Waals surface area (Å²) in [5.74, 6) is 0.0000319. The van der Waals surface area contributed by atoms with Gasteiger partial charge in [0.05, 0.1) is 16.8 Å². The van der Waals surface area contributed by atoms with Gasteiger partial charge in [0.15, 0.2) is 11.6 Å². The summed E-state index contributed by atoms with van der Waals surface area (Å²) in [5, 5.41) is 12.8. The Balaban J connectivity index is 1.16. The lowest BCUT2D eigenvalue weighted by molar-refractivity contribution is -0.118. The van der Waals surface area contributed by atoms with E-state index in [0.29, 0.717) is 18.7 Å². The number of hydrogen-bond donors (Lipinski definition) is 2. The number of benzene rings is 1. The van der Waals surface area contributed by atoms with Gasteiger partial charge >= 0.3 is 0 Å². The summed E-state index contributed by atoms with van der Waals surface area (Å²) in [7, 11) is 0. The summed E-state index contributed by atoms with van der Waals surface area (Å²) in [6.45, 7) is 3.07. The van der Waals surface area contributed by atoms with Crippen molar-refractivity contribution in [3.05, 3.63) is 84.2 Å². The Morgan fingerprint density at radius 2 is 1.78 bits per heavy atom. The van der Waals surface area contributed by atoms with Gasteiger partial charge in [0.1, 0.15) is 0 Å². The van der Waals surface area contributed by atoms with E-state index < -0.39 is 0 Å². The second kappa shape index (κ2) is 8.52. The Hall–Kier alpha value is -4.13. The minimum Gasteiger partial charge on any atom is -0.504 e. The maximum Gasteiger partial charge on any atom is 0.256 e. The molecule has 3 aromatic heterocycles. The van der Waals surface area contributed by atoms with Crippen molar-refractivity contribution in [1.29, 1.82) is 0 Å². The van der Waals surface area contributed by atoms with Crippen LogP contribution >= 0.6 is 0 Å². The van der Waals surface area contributed by atoms with Crippen LogP contribution in [0.1, 0.15) is 35.3 Å². The molecule has 6 rings (SSSR count). The number of anilines is 1. The monoisotopic (exact) mass is 480 g/mol. The zero-order valence-corrected chi connectivity index (χ0v) is 20.1. The Bertz CT molecular complexity index is 1470. The summed E-state index contributed by atoms with van der Waals surface area (Å²) in [5.41, 5.74) is 4.32. The number of carbonyl (C=O) groups excluding carboxylic acids is 2. The molecule has 1 saturated carbocycles. The number of pyridine rings is 2. The molecule has 7 nitrogen and oxygen atoms in total. The van der Waals surface area contributed by atoms with E-state index in [4.69, 9.17) is 0 Å². The summed E-state index contributed by atoms with van der Waals surface area (Å²) in [6.07, 6.45) is 4.39. The Labute approximate surface area is 209 Å². The van der Waals surface area contributed by atoms with E-state index in [1.807, 2.05) is 60.5 Å². The van der Waals surface area contributed by atoms with Crippen LogP contribution in [-0.4, -0.2) is 44.3 Å². The molecule has 2 N–H and O–H groups in total. The number of fused-ring (bicyclic) bond motifs is 1. The second-order valence-electron chi connectivity index (χ2n) is 9.99. The first-order valence-corrected chi connectivity index (χ1v) is 12.4. The second-order valence-corrected chi connectivity index (χ2v) is 9.99. The van der Waals surface area contributed by atoms with E-state index in [0.717, 1.165) is 41.7 Å². The van der Waals surface area contributed by atoms with E-state index in [1.165, 1.54) is 0 Å². The standard InChI is InChI=1S/C29H28N4O3/c1-19-10-11-25(34)26(30-19)31-27(35)22-18-29(22)12-15-32(16-13-29)28(36)21-17-24(20-7-3-2-4-8-20)33-14-6-5-9-23(21)33/h2-11,14,17,22,34H,12-13,15-16,18H2,1H3,(H,30,31,35). The third-order valence-corrected chi connectivity index (χ3v) is 7.78. The van der Waals surface area contributed by atoms with Gasteiger partial charge in [-0.2, -0.15) is 0 Å². The predicted molar refractivity (Wildman–Crippen MR) is 138 cm³/mol. The Morgan fingerprint density at radius 3 is 2.56 bits per heavy atom. The zero-order chi connectivity index (χ0) is 24.9. The van der Waals surface area contributed by atoms with Crippen LogP contribution in [0.15, 0.2) is 72.9 Å². The lowest BCUT2D eigenvalue weighted by atomic mass is 9.90. The van der Waals surface area contributed by atoms with Crippen LogP contribution in [0.3, 0.4) is 0 Å². The van der Waals surface area contributed by atoms with Crippen molar-refractivity contribution >= 4 is 23.1 Å². The number of nitrogens with one attached hydrogen (secondary N) is 1. The molecule has 0 bridgehead atoms. The van der Waals surface area contributed by atoms with Gasteiger partial charge in [-0.1, -0.05) is 36.4 Å². The number of amides is 2. The first-order valence-electron chi connectivity index (χ1n) is 12.4. The van der Waals surface area contributed by atoms with Gasteiger partial charge in [-0.05, 0) is 67.5 Å². The largest absolute Gasteiger partial charge is 0.504 e. The van der Waals surface area contributed by atoms with Gasteiger partial charge in [0.2, 0.25) is 5.91 Å². The smallest absolute Gasteiger partial charge is 0.256 e. The number of aromatic nitrogens is 2. The molecule has 1 atom stereocenters. The highest BCUT2D eigenvalue weighted by Gasteiger charge is 2.58. The van der Waals surface area contributed by atoms with Crippen LogP contribution in [0.2, 0.25) is 0 Å². The molecule has 1 unspecified atom stereocenters. The lowest BCUT2D eigenvalue weighted by Crippen LogP contribution is -2.40. The highest BCUT2D eigenvalue weighted by molar-refractivity contribution is 6.03. The average Bonchev–Trinajstić information content (AvgIpc) is 3.46. The molecule has 1 aliphatic heterocycles. The van der Waals surface area contributed by atoms with Crippen LogP contribution in [0, 0.1) is 18.3 Å². The number of hydrogen-bond acceptors (Lipinski definition) is 4. The van der Waals surface area contributed by atoms with Crippen LogP contribution in [0.5, 0.6) is 5.75 Å². The minimum absolute atomic E-state index is 0.0290. The van der Waals surface area contributed by atoms with Gasteiger partial charge in [0, 0.05) is 30.9 Å². The van der Waals surface area contributed by atoms with E-state index in [2.05, 4.69) is 26.8 Å². The molecule has 4 heterocycles. The van der Waals surface area contributed by atoms with Crippen LogP contribution < -0.4 is 5.32 Å². The summed E-state index contributed by atoms with van der Waals surface area (Å²) >= 11 is 0. The molecule has 182 valence electrons. The van der Waals surface area contributed by atoms with E-state index in [-0.39, 0.29) is 34.7 Å². The minimum atomic E-state index is -0.114. The highest BCUT2D eigenvalue weighted by atomic mass is 16.3. The van der Waals surface area contributed by atoms with Gasteiger partial charge in [0.25, 0.3) is 5.91 Å². The normalized spacial score (nSPS) is 18.4. The first kappa shape index (κ1) is 22.3. The molecule has 2 fully saturated rings. The number of carbonyl (C=O) groups is 2. The zero-order valence-electron chi connectivity index (χ0n) is 20.1. The fourth-order valence-corrected chi connectivity index (χ4v) is 5.60. The van der Waals surface area contributed by atoms with E-state index in [9.17, 15) is 14.7 Å². The van der Waals surface area contributed by atoms with Crippen LogP contribution in [0.25, 0.3) is 16.8 Å². The molecular formula is C29H28N4O3. The topological polar surface area (TPSA) is 86.9 Å². The fourth-order valence-electron chi connectivity index (χ4n) is 5.60. The first-order chi connectivity index (χ1) is 17.4. The molecule has 1 saturated heterocycles. The van der Waals surface area contributed by atoms with Crippen molar-refractivity contribution in [1.82, 2.24) is 14.3 Å². The molecule has 2 amide bonds. The van der Waals surface area contributed by atoms with Crippen molar-refractivity contribution in [3.8, 4) is 17.0 Å². The number of rotatable bonds is 4. The van der Waals surface area contributed by atoms with E-state index in [1.54, 1.807) is 12.1 Å². The van der Waals surface area contributed by atoms with Crippen LogP contribution in [0.4, 0.5) is 5.82 Å². The molecule has 1 spiro atoms. The van der Waals surface area contributed by atoms with Crippen LogP contribution in [-0.2, 0) is 4.79 Å². The van der Waals surface area contributed by atoms with Crippen molar-refractivity contribution in [2.24, 2.45) is 11.3 Å². The van der Waals surface area contributed by atoms with Crippen molar-refractivity contribution in [2.75, 3.05) is 18.4 Å². The third-order valence-electron chi connectivity index (χ3n) is 7.78. The number of nitrogens with zero attached hydrogens (tertiary/aromatic N) is 3. The van der Waals surface area contributed by atoms with Crippen molar-refractivity contribution in [3.63, 3.8) is 0 Å². The summed E-state index contributed by atoms with van der Waals surface area (Å²) < 4.78 is 2.07. The number of likely N-dealkylation sites (tertiary alicyclic amines) is 1. The number of aromatic hydroxyl groups is 1. The van der Waals surface area contributed by atoms with E-state index >= 15 is 0 Å². The molecular weight excluding hydrogens is 452 g/mol. The Kier molecular flexibility index (Phi) is 5.29. The van der Waals surface area contributed by atoms with Gasteiger partial charge in [-0.3, -0.25) is 9.59 Å². The third kappa shape index (κ3) is 3.81. The fraction of sp³-hybridized carbons (Fsp3) is 0.276. The lowest BCUT2D eigenvalue weighted by Gasteiger charge is -2.32. The van der Waals surface area contributed by atoms with Crippen molar-refractivity contribution < 1.29 is 14.7 Å². The molecule has 36 heavy (non-hydrogen) atoms. The molecule has 1 aromatic carbocycles. The predicted octanol–water partition coefficient (Wildman–Crippen LogP) is 4.90.